The second-order valence-corrected chi connectivity index (χ2v) is 2.66. The first-order valence-electron chi connectivity index (χ1n) is 4.16. The molecule has 0 bridgehead atoms. The monoisotopic (exact) mass is 173 g/mol. The molecule has 0 radical (unpaired) electrons. The van der Waals surface area contributed by atoms with Crippen molar-refractivity contribution >= 4 is 5.97 Å². The summed E-state index contributed by atoms with van der Waals surface area (Å²) in [6.07, 6.45) is 2.35. The molecule has 3 nitrogen and oxygen atoms in total. The number of carbonyl (C=O) groups is 1. The van der Waals surface area contributed by atoms with E-state index in [1.54, 1.807) is 7.05 Å². The summed E-state index contributed by atoms with van der Waals surface area (Å²) in [6.45, 7) is 7.36. The molecular weight excluding hydrogens is 154 g/mol. The fourth-order valence-corrected chi connectivity index (χ4v) is 0.687. The van der Waals surface area contributed by atoms with Gasteiger partial charge in [0, 0.05) is 1.43 Å². The Morgan fingerprint density at radius 2 is 2.42 bits per heavy atom. The van der Waals surface area contributed by atoms with E-state index in [2.05, 4.69) is 11.9 Å². The number of ether oxygens (including phenoxy) is 1. The van der Waals surface area contributed by atoms with E-state index in [9.17, 15) is 4.79 Å². The Morgan fingerprint density at radius 1 is 1.83 bits per heavy atom. The van der Waals surface area contributed by atoms with E-state index >= 15 is 0 Å². The van der Waals surface area contributed by atoms with Crippen molar-refractivity contribution in [2.45, 2.75) is 32.4 Å². The molecule has 0 aromatic carbocycles. The van der Waals surface area contributed by atoms with Crippen LogP contribution in [0.25, 0.3) is 0 Å². The second-order valence-electron chi connectivity index (χ2n) is 2.66. The van der Waals surface area contributed by atoms with Gasteiger partial charge in [0.05, 0.1) is 6.10 Å². The fraction of sp³-hybridized carbons (Fsp3) is 0.667. The molecule has 0 saturated carbocycles. The average molecular weight is 173 g/mol. The number of hydrogen-bond donors (Lipinski definition) is 1. The number of hydrogen-bond acceptors (Lipinski definition) is 3. The van der Waals surface area contributed by atoms with Crippen molar-refractivity contribution in [1.82, 2.24) is 5.32 Å². The van der Waals surface area contributed by atoms with Gasteiger partial charge in [0.2, 0.25) is 0 Å². The van der Waals surface area contributed by atoms with E-state index in [1.165, 1.54) is 6.08 Å². The molecule has 0 aliphatic carbocycles. The summed E-state index contributed by atoms with van der Waals surface area (Å²) in [5, 5.41) is 2.79. The van der Waals surface area contributed by atoms with Crippen LogP contribution < -0.4 is 5.32 Å². The molecule has 0 amide bonds. The van der Waals surface area contributed by atoms with Crippen molar-refractivity contribution in [1.29, 1.82) is 0 Å². The smallest absolute Gasteiger partial charge is 0.327 e. The van der Waals surface area contributed by atoms with Crippen LogP contribution in [0.4, 0.5) is 0 Å². The first-order valence-corrected chi connectivity index (χ1v) is 4.16. The predicted octanol–water partition coefficient (Wildman–Crippen LogP) is 1.35. The molecular formula is C9H19NO2. The van der Waals surface area contributed by atoms with Crippen molar-refractivity contribution in [3.05, 3.63) is 12.7 Å². The summed E-state index contributed by atoms with van der Waals surface area (Å²) in [7, 11) is 1.70. The molecule has 72 valence electrons. The number of nitrogens with one attached hydrogen (secondary N) is 1. The van der Waals surface area contributed by atoms with Gasteiger partial charge in [-0.15, -0.1) is 6.58 Å². The zero-order chi connectivity index (χ0) is 9.56. The zero-order valence-electron chi connectivity index (χ0n) is 7.96. The quantitative estimate of drug-likeness (QED) is 0.504. The Morgan fingerprint density at radius 3 is 2.75 bits per heavy atom. The van der Waals surface area contributed by atoms with Crippen LogP contribution in [0.15, 0.2) is 12.7 Å². The van der Waals surface area contributed by atoms with E-state index in [0.29, 0.717) is 0 Å². The van der Waals surface area contributed by atoms with E-state index in [-0.39, 0.29) is 19.5 Å². The molecule has 0 aliphatic rings. The maximum Gasteiger partial charge on any atom is 0.327 e. The summed E-state index contributed by atoms with van der Waals surface area (Å²) < 4.78 is 5.07. The summed E-state index contributed by atoms with van der Waals surface area (Å²) in [5.41, 5.74) is 0. The molecule has 0 fully saturated rings. The molecule has 0 unspecified atom stereocenters. The minimum atomic E-state index is -0.390. The lowest BCUT2D eigenvalue weighted by Gasteiger charge is -2.15. The number of esters is 1. The largest absolute Gasteiger partial charge is 0.461 e. The van der Waals surface area contributed by atoms with E-state index in [1.807, 2.05) is 13.8 Å². The topological polar surface area (TPSA) is 38.3 Å². The van der Waals surface area contributed by atoms with Gasteiger partial charge >= 0.3 is 5.97 Å². The van der Waals surface area contributed by atoms with Crippen molar-refractivity contribution in [3.8, 4) is 0 Å². The lowest BCUT2D eigenvalue weighted by molar-refractivity contribution is -0.149. The van der Waals surface area contributed by atoms with Gasteiger partial charge in [0.15, 0.2) is 0 Å². The zero-order valence-corrected chi connectivity index (χ0v) is 7.96. The highest BCUT2D eigenvalue weighted by molar-refractivity contribution is 5.77. The van der Waals surface area contributed by atoms with Gasteiger partial charge in [0.1, 0.15) is 6.04 Å². The fourth-order valence-electron chi connectivity index (χ4n) is 0.687. The van der Waals surface area contributed by atoms with Gasteiger partial charge in [-0.1, -0.05) is 13.0 Å². The Kier molecular flexibility index (Phi) is 5.37. The third-order valence-corrected chi connectivity index (χ3v) is 1.69. The third-order valence-electron chi connectivity index (χ3n) is 1.69. The molecule has 0 saturated heterocycles. The van der Waals surface area contributed by atoms with Crippen molar-refractivity contribution < 1.29 is 11.0 Å². The summed E-state index contributed by atoms with van der Waals surface area (Å²) in [4.78, 5) is 11.2. The van der Waals surface area contributed by atoms with E-state index in [0.717, 1.165) is 6.42 Å². The van der Waals surface area contributed by atoms with Crippen LogP contribution in [0.1, 0.15) is 21.7 Å². The first kappa shape index (κ1) is 11.2. The Labute approximate surface area is 75.3 Å². The van der Waals surface area contributed by atoms with Crippen LogP contribution >= 0.6 is 0 Å². The molecule has 2 atom stereocenters. The van der Waals surface area contributed by atoms with Gasteiger partial charge in [-0.25, -0.2) is 4.79 Å². The standard InChI is InChI=1S/C9H17NO2.H2/c1-5-7(3)12-9(11)8(6-2)10-4;/h6-8,10H,2,5H2,1,3-4H3;1H/t7-,8-;/m0./s1. The van der Waals surface area contributed by atoms with Crippen LogP contribution in [-0.4, -0.2) is 25.2 Å². The van der Waals surface area contributed by atoms with E-state index < -0.39 is 0 Å². The minimum absolute atomic E-state index is 0. The third kappa shape index (κ3) is 3.53. The number of rotatable bonds is 5. The Balaban J connectivity index is 0. The minimum Gasteiger partial charge on any atom is -0.461 e. The molecule has 1 N–H and O–H groups in total. The first-order chi connectivity index (χ1) is 5.65. The Bertz CT molecular complexity index is 162. The highest BCUT2D eigenvalue weighted by Gasteiger charge is 2.15. The molecule has 0 aliphatic heterocycles. The van der Waals surface area contributed by atoms with Crippen molar-refractivity contribution in [2.24, 2.45) is 0 Å². The van der Waals surface area contributed by atoms with Crippen LogP contribution in [0.3, 0.4) is 0 Å². The molecule has 0 aromatic rings. The van der Waals surface area contributed by atoms with Crippen LogP contribution in [0, 0.1) is 0 Å². The second kappa shape index (κ2) is 5.77. The Hall–Kier alpha value is -0.830. The lowest BCUT2D eigenvalue weighted by atomic mass is 10.3. The summed E-state index contributed by atoms with van der Waals surface area (Å²) in [6, 6.07) is -0.390. The molecule has 0 aromatic heterocycles. The normalized spacial score (nSPS) is 14.9. The summed E-state index contributed by atoms with van der Waals surface area (Å²) >= 11 is 0. The maximum atomic E-state index is 11.2. The van der Waals surface area contributed by atoms with Crippen molar-refractivity contribution in [2.75, 3.05) is 7.05 Å². The molecule has 12 heavy (non-hydrogen) atoms. The maximum absolute atomic E-state index is 11.2. The van der Waals surface area contributed by atoms with Gasteiger partial charge in [0.25, 0.3) is 0 Å². The van der Waals surface area contributed by atoms with Crippen LogP contribution in [0.2, 0.25) is 0 Å². The molecule has 3 heteroatoms. The number of carbonyl (C=O) groups excluding carboxylic acids is 1. The van der Waals surface area contributed by atoms with Gasteiger partial charge in [-0.2, -0.15) is 0 Å². The lowest BCUT2D eigenvalue weighted by Crippen LogP contribution is -2.35. The molecule has 0 rings (SSSR count). The van der Waals surface area contributed by atoms with Gasteiger partial charge in [-0.05, 0) is 20.4 Å². The highest BCUT2D eigenvalue weighted by Crippen LogP contribution is 1.99. The average Bonchev–Trinajstić information content (AvgIpc) is 2.06. The van der Waals surface area contributed by atoms with E-state index in [4.69, 9.17) is 4.74 Å². The van der Waals surface area contributed by atoms with Crippen molar-refractivity contribution in [3.63, 3.8) is 0 Å². The highest BCUT2D eigenvalue weighted by atomic mass is 16.5. The van der Waals surface area contributed by atoms with Gasteiger partial charge < -0.3 is 10.1 Å². The van der Waals surface area contributed by atoms with Gasteiger partial charge in [-0.3, -0.25) is 0 Å². The molecule has 0 heterocycles. The summed E-state index contributed by atoms with van der Waals surface area (Å²) in [5.74, 6) is -0.262. The number of likely N-dealkylation sites (N-methyl/N-ethyl adjacent to an activating group) is 1. The molecule has 0 spiro atoms. The van der Waals surface area contributed by atoms with Crippen LogP contribution in [-0.2, 0) is 9.53 Å². The van der Waals surface area contributed by atoms with Crippen LogP contribution in [0.5, 0.6) is 0 Å². The predicted molar refractivity (Wildman–Crippen MR) is 51.0 cm³/mol. The SMILES string of the molecule is C=C[C@H](NC)C(=O)O[C@@H](C)CC.[HH].